The first kappa shape index (κ1) is 16.4. The van der Waals surface area contributed by atoms with Crippen molar-refractivity contribution in [3.05, 3.63) is 0 Å². The number of nitrogens with zero attached hydrogens (tertiary/aromatic N) is 1. The number of likely N-dealkylation sites (N-methyl/N-ethyl adjacent to an activating group) is 1. The van der Waals surface area contributed by atoms with Crippen molar-refractivity contribution < 1.29 is 4.79 Å². The van der Waals surface area contributed by atoms with Crippen molar-refractivity contribution in [3.8, 4) is 0 Å². The van der Waals surface area contributed by atoms with Gasteiger partial charge >= 0.3 is 0 Å². The van der Waals surface area contributed by atoms with Crippen molar-refractivity contribution in [2.24, 2.45) is 11.8 Å². The lowest BCUT2D eigenvalue weighted by molar-refractivity contribution is -0.127. The van der Waals surface area contributed by atoms with Gasteiger partial charge in [0.1, 0.15) is 0 Å². The Morgan fingerprint density at radius 3 is 2.63 bits per heavy atom. The molecule has 1 amide bonds. The second-order valence-electron chi connectivity index (χ2n) is 6.67. The first-order valence-electron chi connectivity index (χ1n) is 7.57. The summed E-state index contributed by atoms with van der Waals surface area (Å²) in [5, 5.41) is 6.66. The molecule has 1 heterocycles. The van der Waals surface area contributed by atoms with E-state index in [0.717, 1.165) is 32.4 Å². The van der Waals surface area contributed by atoms with Gasteiger partial charge in [0.15, 0.2) is 0 Å². The zero-order valence-electron chi connectivity index (χ0n) is 13.2. The molecule has 0 aromatic carbocycles. The van der Waals surface area contributed by atoms with E-state index in [-0.39, 0.29) is 17.9 Å². The van der Waals surface area contributed by atoms with Gasteiger partial charge in [-0.05, 0) is 52.7 Å². The average molecular weight is 269 g/mol. The third-order valence-electron chi connectivity index (χ3n) is 3.68. The Bertz CT molecular complexity index is 269. The van der Waals surface area contributed by atoms with Crippen LogP contribution < -0.4 is 10.6 Å². The molecule has 0 aliphatic carbocycles. The van der Waals surface area contributed by atoms with Crippen LogP contribution in [0.1, 0.15) is 40.0 Å². The standard InChI is InChI=1S/C15H31N3O/c1-11(2)8-14(10-18(4)5)17-15(19)13-6-7-16-12(3)9-13/h11-14,16H,6-10H2,1-5H3,(H,17,19). The molecule has 0 aromatic rings. The summed E-state index contributed by atoms with van der Waals surface area (Å²) in [6.07, 6.45) is 2.97. The van der Waals surface area contributed by atoms with Gasteiger partial charge in [0.05, 0.1) is 0 Å². The van der Waals surface area contributed by atoms with Crippen LogP contribution in [0.25, 0.3) is 0 Å². The van der Waals surface area contributed by atoms with Crippen molar-refractivity contribution in [1.82, 2.24) is 15.5 Å². The highest BCUT2D eigenvalue weighted by molar-refractivity contribution is 5.79. The Kier molecular flexibility index (Phi) is 6.80. The summed E-state index contributed by atoms with van der Waals surface area (Å²) in [7, 11) is 4.12. The Balaban J connectivity index is 2.49. The summed E-state index contributed by atoms with van der Waals surface area (Å²) < 4.78 is 0. The molecule has 1 aliphatic heterocycles. The molecule has 0 radical (unpaired) electrons. The highest BCUT2D eigenvalue weighted by atomic mass is 16.1. The molecule has 19 heavy (non-hydrogen) atoms. The third kappa shape index (κ3) is 6.39. The summed E-state index contributed by atoms with van der Waals surface area (Å²) in [5.41, 5.74) is 0. The lowest BCUT2D eigenvalue weighted by Gasteiger charge is -2.30. The lowest BCUT2D eigenvalue weighted by atomic mass is 9.92. The van der Waals surface area contributed by atoms with Crippen molar-refractivity contribution in [2.75, 3.05) is 27.2 Å². The molecule has 1 fully saturated rings. The van der Waals surface area contributed by atoms with E-state index in [2.05, 4.69) is 50.4 Å². The topological polar surface area (TPSA) is 44.4 Å². The normalized spacial score (nSPS) is 25.6. The van der Waals surface area contributed by atoms with Crippen LogP contribution in [0.3, 0.4) is 0 Å². The van der Waals surface area contributed by atoms with Crippen LogP contribution in [0.15, 0.2) is 0 Å². The highest BCUT2D eigenvalue weighted by Crippen LogP contribution is 2.17. The van der Waals surface area contributed by atoms with Gasteiger partial charge in [-0.1, -0.05) is 13.8 Å². The summed E-state index contributed by atoms with van der Waals surface area (Å²) in [4.78, 5) is 14.5. The maximum Gasteiger partial charge on any atom is 0.223 e. The molecule has 0 spiro atoms. The van der Waals surface area contributed by atoms with Crippen molar-refractivity contribution in [3.63, 3.8) is 0 Å². The maximum atomic E-state index is 12.4. The van der Waals surface area contributed by atoms with Crippen molar-refractivity contribution >= 4 is 5.91 Å². The van der Waals surface area contributed by atoms with Gasteiger partial charge in [-0.3, -0.25) is 4.79 Å². The molecule has 1 rings (SSSR count). The fraction of sp³-hybridized carbons (Fsp3) is 0.933. The van der Waals surface area contributed by atoms with E-state index in [4.69, 9.17) is 0 Å². The summed E-state index contributed by atoms with van der Waals surface area (Å²) in [6.45, 7) is 8.46. The molecule has 0 aromatic heterocycles. The predicted octanol–water partition coefficient (Wildman–Crippen LogP) is 1.47. The van der Waals surface area contributed by atoms with Crippen LogP contribution in [0.4, 0.5) is 0 Å². The average Bonchev–Trinajstić information content (AvgIpc) is 2.26. The van der Waals surface area contributed by atoms with Crippen LogP contribution in [0.5, 0.6) is 0 Å². The van der Waals surface area contributed by atoms with E-state index >= 15 is 0 Å². The number of piperidine rings is 1. The number of amides is 1. The number of carbonyl (C=O) groups excluding carboxylic acids is 1. The van der Waals surface area contributed by atoms with Crippen LogP contribution in [0, 0.1) is 11.8 Å². The van der Waals surface area contributed by atoms with E-state index in [1.807, 2.05) is 0 Å². The lowest BCUT2D eigenvalue weighted by Crippen LogP contribution is -2.48. The molecule has 1 saturated heterocycles. The van der Waals surface area contributed by atoms with Crippen molar-refractivity contribution in [1.29, 1.82) is 0 Å². The van der Waals surface area contributed by atoms with Gasteiger partial charge in [0.25, 0.3) is 0 Å². The van der Waals surface area contributed by atoms with Gasteiger partial charge in [-0.15, -0.1) is 0 Å². The second kappa shape index (κ2) is 7.85. The van der Waals surface area contributed by atoms with E-state index < -0.39 is 0 Å². The predicted molar refractivity (Wildman–Crippen MR) is 80.1 cm³/mol. The summed E-state index contributed by atoms with van der Waals surface area (Å²) in [5.74, 6) is 1.05. The smallest absolute Gasteiger partial charge is 0.223 e. The molecule has 112 valence electrons. The number of hydrogen-bond donors (Lipinski definition) is 2. The van der Waals surface area contributed by atoms with Gasteiger partial charge < -0.3 is 15.5 Å². The number of rotatable bonds is 6. The monoisotopic (exact) mass is 269 g/mol. The van der Waals surface area contributed by atoms with Crippen LogP contribution in [-0.4, -0.2) is 50.1 Å². The molecule has 3 atom stereocenters. The Labute approximate surface area is 118 Å². The Morgan fingerprint density at radius 2 is 2.11 bits per heavy atom. The van der Waals surface area contributed by atoms with E-state index in [0.29, 0.717) is 12.0 Å². The maximum absolute atomic E-state index is 12.4. The molecule has 2 N–H and O–H groups in total. The van der Waals surface area contributed by atoms with Crippen LogP contribution >= 0.6 is 0 Å². The highest BCUT2D eigenvalue weighted by Gasteiger charge is 2.26. The summed E-state index contributed by atoms with van der Waals surface area (Å²) >= 11 is 0. The van der Waals surface area contributed by atoms with Crippen molar-refractivity contribution in [2.45, 2.75) is 52.1 Å². The van der Waals surface area contributed by atoms with Gasteiger partial charge in [-0.2, -0.15) is 0 Å². The Morgan fingerprint density at radius 1 is 1.42 bits per heavy atom. The molecule has 4 nitrogen and oxygen atoms in total. The van der Waals surface area contributed by atoms with Crippen LogP contribution in [-0.2, 0) is 4.79 Å². The molecular formula is C15H31N3O. The largest absolute Gasteiger partial charge is 0.352 e. The minimum Gasteiger partial charge on any atom is -0.352 e. The SMILES string of the molecule is CC(C)CC(CN(C)C)NC(=O)C1CCNC(C)C1. The third-order valence-corrected chi connectivity index (χ3v) is 3.68. The second-order valence-corrected chi connectivity index (χ2v) is 6.67. The van der Waals surface area contributed by atoms with E-state index in [9.17, 15) is 4.79 Å². The van der Waals surface area contributed by atoms with Gasteiger partial charge in [0.2, 0.25) is 5.91 Å². The number of hydrogen-bond acceptors (Lipinski definition) is 3. The molecule has 4 heteroatoms. The minimum absolute atomic E-state index is 0.188. The molecule has 0 bridgehead atoms. The van der Waals surface area contributed by atoms with Gasteiger partial charge in [0, 0.05) is 24.5 Å². The van der Waals surface area contributed by atoms with E-state index in [1.165, 1.54) is 0 Å². The van der Waals surface area contributed by atoms with E-state index in [1.54, 1.807) is 0 Å². The number of carbonyl (C=O) groups is 1. The fourth-order valence-electron chi connectivity index (χ4n) is 2.88. The zero-order chi connectivity index (χ0) is 14.4. The molecule has 3 unspecified atom stereocenters. The Hall–Kier alpha value is -0.610. The first-order chi connectivity index (χ1) is 8.88. The fourth-order valence-corrected chi connectivity index (χ4v) is 2.88. The summed E-state index contributed by atoms with van der Waals surface area (Å²) in [6, 6.07) is 0.731. The number of nitrogens with one attached hydrogen (secondary N) is 2. The first-order valence-corrected chi connectivity index (χ1v) is 7.57. The minimum atomic E-state index is 0.188. The van der Waals surface area contributed by atoms with Gasteiger partial charge in [-0.25, -0.2) is 0 Å². The quantitative estimate of drug-likeness (QED) is 0.767. The molecular weight excluding hydrogens is 238 g/mol. The van der Waals surface area contributed by atoms with Crippen LogP contribution in [0.2, 0.25) is 0 Å². The molecule has 0 saturated carbocycles. The molecule has 1 aliphatic rings. The zero-order valence-corrected chi connectivity index (χ0v) is 13.2.